The lowest BCUT2D eigenvalue weighted by atomic mass is 10.1. The maximum atomic E-state index is 6.31. The molecular weight excluding hydrogens is 282 g/mol. The standard InChI is InChI=1S/C17H12ClN3/c1-11-16(12-6-2-4-8-14(12)18)20-21-10-19-15-9-5-3-7-13(15)17(11)21/h2-10H,1H3. The summed E-state index contributed by atoms with van der Waals surface area (Å²) in [6.07, 6.45) is 1.75. The minimum Gasteiger partial charge on any atom is -0.236 e. The van der Waals surface area contributed by atoms with Gasteiger partial charge in [0.15, 0.2) is 0 Å². The Morgan fingerprint density at radius 3 is 2.62 bits per heavy atom. The topological polar surface area (TPSA) is 30.2 Å². The molecule has 2 aromatic heterocycles. The molecule has 0 saturated heterocycles. The highest BCUT2D eigenvalue weighted by Crippen LogP contribution is 2.32. The average Bonchev–Trinajstić information content (AvgIpc) is 2.85. The molecule has 4 aromatic rings. The van der Waals surface area contributed by atoms with E-state index < -0.39 is 0 Å². The largest absolute Gasteiger partial charge is 0.236 e. The Morgan fingerprint density at radius 2 is 1.76 bits per heavy atom. The molecule has 4 rings (SSSR count). The molecule has 3 nitrogen and oxygen atoms in total. The Hall–Kier alpha value is -2.39. The minimum absolute atomic E-state index is 0.710. The van der Waals surface area contributed by atoms with Gasteiger partial charge in [0.05, 0.1) is 21.7 Å². The quantitative estimate of drug-likeness (QED) is 0.517. The normalized spacial score (nSPS) is 11.3. The van der Waals surface area contributed by atoms with Crippen LogP contribution in [0.4, 0.5) is 0 Å². The molecule has 0 N–H and O–H groups in total. The number of fused-ring (bicyclic) bond motifs is 3. The lowest BCUT2D eigenvalue weighted by molar-refractivity contribution is 0.938. The van der Waals surface area contributed by atoms with Crippen LogP contribution in [0, 0.1) is 6.92 Å². The first-order valence-electron chi connectivity index (χ1n) is 6.73. The highest BCUT2D eigenvalue weighted by Gasteiger charge is 2.15. The van der Waals surface area contributed by atoms with Gasteiger partial charge < -0.3 is 0 Å². The van der Waals surface area contributed by atoms with Gasteiger partial charge in [0.2, 0.25) is 0 Å². The molecule has 0 atom stereocenters. The van der Waals surface area contributed by atoms with E-state index in [1.54, 1.807) is 6.33 Å². The molecule has 0 radical (unpaired) electrons. The van der Waals surface area contributed by atoms with E-state index in [4.69, 9.17) is 11.6 Å². The van der Waals surface area contributed by atoms with Crippen molar-refractivity contribution >= 4 is 28.0 Å². The fourth-order valence-electron chi connectivity index (χ4n) is 2.74. The Bertz CT molecular complexity index is 972. The highest BCUT2D eigenvalue weighted by atomic mass is 35.5. The van der Waals surface area contributed by atoms with Crippen molar-refractivity contribution in [2.24, 2.45) is 0 Å². The molecule has 2 aromatic carbocycles. The van der Waals surface area contributed by atoms with E-state index in [0.717, 1.165) is 33.2 Å². The van der Waals surface area contributed by atoms with Gasteiger partial charge in [0.1, 0.15) is 6.33 Å². The van der Waals surface area contributed by atoms with E-state index in [1.165, 1.54) is 0 Å². The number of rotatable bonds is 1. The average molecular weight is 294 g/mol. The molecule has 0 fully saturated rings. The molecule has 0 spiro atoms. The molecule has 4 heteroatoms. The van der Waals surface area contributed by atoms with Crippen LogP contribution in [0.2, 0.25) is 5.02 Å². The van der Waals surface area contributed by atoms with Crippen LogP contribution in [0.3, 0.4) is 0 Å². The first-order valence-corrected chi connectivity index (χ1v) is 7.11. The Kier molecular flexibility index (Phi) is 2.69. The predicted octanol–water partition coefficient (Wildman–Crippen LogP) is 4.51. The Labute approximate surface area is 126 Å². The van der Waals surface area contributed by atoms with Crippen LogP contribution in [-0.2, 0) is 0 Å². The van der Waals surface area contributed by atoms with Crippen molar-refractivity contribution in [3.8, 4) is 11.3 Å². The second-order valence-electron chi connectivity index (χ2n) is 5.01. The van der Waals surface area contributed by atoms with Gasteiger partial charge in [-0.2, -0.15) is 5.10 Å². The highest BCUT2D eigenvalue weighted by molar-refractivity contribution is 6.33. The summed E-state index contributed by atoms with van der Waals surface area (Å²) in [5.41, 5.74) is 5.01. The van der Waals surface area contributed by atoms with Crippen molar-refractivity contribution in [3.63, 3.8) is 0 Å². The van der Waals surface area contributed by atoms with Crippen molar-refractivity contribution < 1.29 is 0 Å². The molecule has 0 aliphatic carbocycles. The molecule has 102 valence electrons. The molecule has 0 unspecified atom stereocenters. The summed E-state index contributed by atoms with van der Waals surface area (Å²) in [6, 6.07) is 15.9. The van der Waals surface area contributed by atoms with Crippen LogP contribution in [0.5, 0.6) is 0 Å². The summed E-state index contributed by atoms with van der Waals surface area (Å²) in [5, 5.41) is 6.47. The number of nitrogens with zero attached hydrogens (tertiary/aromatic N) is 3. The monoisotopic (exact) mass is 293 g/mol. The van der Waals surface area contributed by atoms with Gasteiger partial charge in [-0.25, -0.2) is 9.50 Å². The van der Waals surface area contributed by atoms with Gasteiger partial charge >= 0.3 is 0 Å². The predicted molar refractivity (Wildman–Crippen MR) is 85.7 cm³/mol. The zero-order chi connectivity index (χ0) is 14.4. The fourth-order valence-corrected chi connectivity index (χ4v) is 2.96. The molecule has 0 saturated carbocycles. The number of halogens is 1. The lowest BCUT2D eigenvalue weighted by Crippen LogP contribution is -1.90. The van der Waals surface area contributed by atoms with Gasteiger partial charge in [-0.05, 0) is 19.1 Å². The van der Waals surface area contributed by atoms with Crippen LogP contribution in [0.15, 0.2) is 54.9 Å². The Balaban J connectivity index is 2.12. The van der Waals surface area contributed by atoms with Crippen LogP contribution < -0.4 is 0 Å². The third-order valence-corrected chi connectivity index (χ3v) is 4.07. The number of aryl methyl sites for hydroxylation is 1. The van der Waals surface area contributed by atoms with Gasteiger partial charge in [-0.3, -0.25) is 0 Å². The van der Waals surface area contributed by atoms with Crippen LogP contribution in [0.25, 0.3) is 27.7 Å². The lowest BCUT2D eigenvalue weighted by Gasteiger charge is -2.01. The summed E-state index contributed by atoms with van der Waals surface area (Å²) in [6.45, 7) is 2.08. The van der Waals surface area contributed by atoms with E-state index in [1.807, 2.05) is 47.0 Å². The maximum absolute atomic E-state index is 6.31. The number of para-hydroxylation sites is 1. The van der Waals surface area contributed by atoms with Gasteiger partial charge in [-0.15, -0.1) is 0 Å². The third kappa shape index (κ3) is 1.82. The molecule has 21 heavy (non-hydrogen) atoms. The first-order chi connectivity index (χ1) is 10.3. The summed E-state index contributed by atoms with van der Waals surface area (Å²) >= 11 is 6.31. The van der Waals surface area contributed by atoms with Crippen LogP contribution in [0.1, 0.15) is 5.56 Å². The van der Waals surface area contributed by atoms with Crippen molar-refractivity contribution in [3.05, 3.63) is 65.4 Å². The van der Waals surface area contributed by atoms with Crippen LogP contribution >= 0.6 is 11.6 Å². The molecule has 0 aliphatic rings. The zero-order valence-electron chi connectivity index (χ0n) is 11.4. The van der Waals surface area contributed by atoms with Crippen LogP contribution in [-0.4, -0.2) is 14.6 Å². The van der Waals surface area contributed by atoms with E-state index >= 15 is 0 Å². The van der Waals surface area contributed by atoms with E-state index in [2.05, 4.69) is 23.1 Å². The molecule has 0 bridgehead atoms. The minimum atomic E-state index is 0.710. The summed E-state index contributed by atoms with van der Waals surface area (Å²) in [5.74, 6) is 0. The first kappa shape index (κ1) is 12.4. The number of aromatic nitrogens is 3. The van der Waals surface area contributed by atoms with Gasteiger partial charge in [0.25, 0.3) is 0 Å². The molecule has 0 aliphatic heterocycles. The molecule has 2 heterocycles. The number of hydrogen-bond donors (Lipinski definition) is 0. The zero-order valence-corrected chi connectivity index (χ0v) is 12.2. The van der Waals surface area contributed by atoms with Crippen molar-refractivity contribution in [2.75, 3.05) is 0 Å². The van der Waals surface area contributed by atoms with Gasteiger partial charge in [-0.1, -0.05) is 48.0 Å². The van der Waals surface area contributed by atoms with Crippen molar-refractivity contribution in [2.45, 2.75) is 6.92 Å². The second-order valence-corrected chi connectivity index (χ2v) is 5.42. The SMILES string of the molecule is Cc1c(-c2ccccc2Cl)nn2cnc3ccccc3c12. The fraction of sp³-hybridized carbons (Fsp3) is 0.0588. The smallest absolute Gasteiger partial charge is 0.118 e. The molecular formula is C17H12ClN3. The molecule has 0 amide bonds. The Morgan fingerprint density at radius 1 is 1.00 bits per heavy atom. The van der Waals surface area contributed by atoms with E-state index in [9.17, 15) is 0 Å². The third-order valence-electron chi connectivity index (χ3n) is 3.74. The van der Waals surface area contributed by atoms with Crippen molar-refractivity contribution in [1.82, 2.24) is 14.6 Å². The van der Waals surface area contributed by atoms with E-state index in [0.29, 0.717) is 5.02 Å². The van der Waals surface area contributed by atoms with Gasteiger partial charge in [0, 0.05) is 16.5 Å². The second kappa shape index (κ2) is 4.57. The summed E-state index contributed by atoms with van der Waals surface area (Å²) in [4.78, 5) is 4.45. The number of hydrogen-bond acceptors (Lipinski definition) is 2. The summed E-state index contributed by atoms with van der Waals surface area (Å²) < 4.78 is 1.83. The van der Waals surface area contributed by atoms with Crippen molar-refractivity contribution in [1.29, 1.82) is 0 Å². The summed E-state index contributed by atoms with van der Waals surface area (Å²) in [7, 11) is 0. The van der Waals surface area contributed by atoms with E-state index in [-0.39, 0.29) is 0 Å². The number of benzene rings is 2. The maximum Gasteiger partial charge on any atom is 0.118 e.